The first kappa shape index (κ1) is 18.4. The average molecular weight is 363 g/mol. The van der Waals surface area contributed by atoms with E-state index in [1.54, 1.807) is 0 Å². The summed E-state index contributed by atoms with van der Waals surface area (Å²) in [5, 5.41) is 3.66. The molecule has 0 aliphatic carbocycles. The molecule has 0 aliphatic rings. The number of hydrogen-bond acceptors (Lipinski definition) is 2. The highest BCUT2D eigenvalue weighted by Crippen LogP contribution is 2.55. The molecule has 0 heterocycles. The van der Waals surface area contributed by atoms with Crippen molar-refractivity contribution in [3.63, 3.8) is 0 Å². The van der Waals surface area contributed by atoms with Gasteiger partial charge in [-0.15, -0.1) is 0 Å². The molecule has 0 unspecified atom stereocenters. The van der Waals surface area contributed by atoms with Crippen molar-refractivity contribution < 1.29 is 9.53 Å². The van der Waals surface area contributed by atoms with Crippen LogP contribution in [0.4, 0.5) is 0 Å². The minimum atomic E-state index is -1.95. The van der Waals surface area contributed by atoms with Crippen LogP contribution in [-0.4, -0.2) is 18.7 Å². The smallest absolute Gasteiger partial charge is 0.342 e. The maximum absolute atomic E-state index is 12.7. The van der Waals surface area contributed by atoms with E-state index in [0.717, 1.165) is 11.5 Å². The van der Waals surface area contributed by atoms with E-state index in [2.05, 4.69) is 61.5 Å². The second-order valence-electron chi connectivity index (χ2n) is 6.03. The van der Waals surface area contributed by atoms with Gasteiger partial charge in [0.05, 0.1) is 12.8 Å². The van der Waals surface area contributed by atoms with Gasteiger partial charge in [-0.25, -0.2) is 4.79 Å². The largest absolute Gasteiger partial charge is 0.462 e. The lowest BCUT2D eigenvalue weighted by atomic mass is 10.2. The molecule has 0 amide bonds. The second-order valence-corrected chi connectivity index (χ2v) is 9.80. The Morgan fingerprint density at radius 2 is 1.27 bits per heavy atom. The van der Waals surface area contributed by atoms with Gasteiger partial charge in [-0.3, -0.25) is 0 Å². The number of rotatable bonds is 6. The molecule has 0 fully saturated rings. The molecule has 3 aromatic rings. The summed E-state index contributed by atoms with van der Waals surface area (Å²) < 4.78 is 5.36. The molecule has 26 heavy (non-hydrogen) atoms. The molecule has 2 nitrogen and oxygen atoms in total. The fourth-order valence-electron chi connectivity index (χ4n) is 3.52. The van der Waals surface area contributed by atoms with Crippen LogP contribution in [0.5, 0.6) is 0 Å². The van der Waals surface area contributed by atoms with Gasteiger partial charge < -0.3 is 4.74 Å². The minimum Gasteiger partial charge on any atom is -0.462 e. The zero-order valence-corrected chi connectivity index (χ0v) is 16.2. The molecule has 0 saturated carbocycles. The third-order valence-corrected chi connectivity index (χ3v) is 9.20. The van der Waals surface area contributed by atoms with Crippen molar-refractivity contribution >= 4 is 29.1 Å². The lowest BCUT2D eigenvalue weighted by Crippen LogP contribution is -2.35. The number of carbonyl (C=O) groups is 1. The maximum atomic E-state index is 12.7. The molecule has 132 valence electrons. The van der Waals surface area contributed by atoms with Crippen molar-refractivity contribution in [2.24, 2.45) is 0 Å². The first-order valence-corrected chi connectivity index (χ1v) is 11.0. The Morgan fingerprint density at radius 3 is 1.77 bits per heavy atom. The minimum absolute atomic E-state index is 0.243. The van der Waals surface area contributed by atoms with E-state index in [9.17, 15) is 4.79 Å². The number of esters is 1. The Hall–Kier alpha value is -2.44. The van der Waals surface area contributed by atoms with Crippen molar-refractivity contribution in [1.29, 1.82) is 0 Å². The molecule has 0 N–H and O–H groups in total. The summed E-state index contributed by atoms with van der Waals surface area (Å²) in [7, 11) is -1.95. The zero-order valence-electron chi connectivity index (χ0n) is 15.3. The van der Waals surface area contributed by atoms with Crippen LogP contribution in [0.15, 0.2) is 84.9 Å². The number of carbonyl (C=O) groups excluding carboxylic acids is 1. The van der Waals surface area contributed by atoms with Crippen LogP contribution in [0, 0.1) is 0 Å². The Labute approximate surface area is 156 Å². The van der Waals surface area contributed by atoms with E-state index in [1.165, 1.54) is 10.6 Å². The van der Waals surface area contributed by atoms with Gasteiger partial charge in [0, 0.05) is 0 Å². The summed E-state index contributed by atoms with van der Waals surface area (Å²) in [5.41, 5.74) is 0.678. The van der Waals surface area contributed by atoms with Crippen molar-refractivity contribution in [2.45, 2.75) is 13.8 Å². The number of hydrogen-bond donors (Lipinski definition) is 0. The molecular formula is C23H24O2P+. The third-order valence-electron chi connectivity index (χ3n) is 4.68. The Morgan fingerprint density at radius 1 is 0.769 bits per heavy atom. The van der Waals surface area contributed by atoms with Crippen LogP contribution < -0.4 is 15.9 Å². The van der Waals surface area contributed by atoms with Crippen LogP contribution >= 0.6 is 7.26 Å². The van der Waals surface area contributed by atoms with Gasteiger partial charge in [-0.2, -0.15) is 0 Å². The quantitative estimate of drug-likeness (QED) is 0.485. The first-order chi connectivity index (χ1) is 12.7. The van der Waals surface area contributed by atoms with Gasteiger partial charge in [0.25, 0.3) is 0 Å². The highest BCUT2D eigenvalue weighted by Gasteiger charge is 2.46. The fraction of sp³-hybridized carbons (Fsp3) is 0.174. The maximum Gasteiger partial charge on any atom is 0.342 e. The van der Waals surface area contributed by atoms with E-state index in [4.69, 9.17) is 4.74 Å². The van der Waals surface area contributed by atoms with Crippen molar-refractivity contribution in [1.82, 2.24) is 0 Å². The van der Waals surface area contributed by atoms with Gasteiger partial charge in [-0.05, 0) is 50.2 Å². The lowest BCUT2D eigenvalue weighted by Gasteiger charge is -2.27. The van der Waals surface area contributed by atoms with Crippen molar-refractivity contribution in [2.75, 3.05) is 12.8 Å². The molecule has 3 heteroatoms. The summed E-state index contributed by atoms with van der Waals surface area (Å²) in [6.45, 7) is 4.44. The van der Waals surface area contributed by atoms with Gasteiger partial charge in [-0.1, -0.05) is 48.5 Å². The molecule has 3 rings (SSSR count). The predicted octanol–water partition coefficient (Wildman–Crippen LogP) is 4.18. The van der Waals surface area contributed by atoms with Crippen LogP contribution in [0.25, 0.3) is 0 Å². The Kier molecular flexibility index (Phi) is 5.85. The Bertz CT molecular complexity index is 820. The topological polar surface area (TPSA) is 26.3 Å². The summed E-state index contributed by atoms with van der Waals surface area (Å²) in [5.74, 6) is -0.243. The average Bonchev–Trinajstić information content (AvgIpc) is 2.71. The lowest BCUT2D eigenvalue weighted by molar-refractivity contribution is 0.0528. The standard InChI is InChI=1S/C23H24O2P/c1-3-25-23(24)21-17-11-12-18-22(21)26(4-2,19-13-7-5-8-14-19)20-15-9-6-10-16-20/h5-18H,3-4H2,1-2H3/q+1. The Balaban J connectivity index is 2.32. The van der Waals surface area contributed by atoms with Gasteiger partial charge in [0.1, 0.15) is 28.7 Å². The van der Waals surface area contributed by atoms with Crippen LogP contribution in [0.3, 0.4) is 0 Å². The highest BCUT2D eigenvalue weighted by molar-refractivity contribution is 7.95. The van der Waals surface area contributed by atoms with Crippen LogP contribution in [0.1, 0.15) is 24.2 Å². The van der Waals surface area contributed by atoms with Crippen LogP contribution in [0.2, 0.25) is 0 Å². The van der Waals surface area contributed by atoms with E-state index >= 15 is 0 Å². The summed E-state index contributed by atoms with van der Waals surface area (Å²) in [6, 6.07) is 29.1. The summed E-state index contributed by atoms with van der Waals surface area (Å²) >= 11 is 0. The normalized spacial score (nSPS) is 11.2. The third kappa shape index (κ3) is 3.30. The first-order valence-electron chi connectivity index (χ1n) is 9.00. The number of ether oxygens (including phenoxy) is 1. The molecule has 0 atom stereocenters. The second kappa shape index (κ2) is 8.29. The fourth-order valence-corrected chi connectivity index (χ4v) is 7.72. The van der Waals surface area contributed by atoms with E-state index < -0.39 is 7.26 Å². The van der Waals surface area contributed by atoms with Crippen molar-refractivity contribution in [3.05, 3.63) is 90.5 Å². The summed E-state index contributed by atoms with van der Waals surface area (Å²) in [6.07, 6.45) is 0.942. The van der Waals surface area contributed by atoms with Crippen LogP contribution in [-0.2, 0) is 4.74 Å². The molecular weight excluding hydrogens is 339 g/mol. The molecule has 0 aliphatic heterocycles. The van der Waals surface area contributed by atoms with E-state index in [0.29, 0.717) is 12.2 Å². The van der Waals surface area contributed by atoms with Gasteiger partial charge in [0.2, 0.25) is 0 Å². The van der Waals surface area contributed by atoms with Crippen molar-refractivity contribution in [3.8, 4) is 0 Å². The SMILES string of the molecule is CCOC(=O)c1ccccc1[P+](CC)(c1ccccc1)c1ccccc1. The molecule has 0 aromatic heterocycles. The molecule has 0 bridgehead atoms. The highest BCUT2D eigenvalue weighted by atomic mass is 31.2. The number of benzene rings is 3. The predicted molar refractivity (Wildman–Crippen MR) is 112 cm³/mol. The monoisotopic (exact) mass is 363 g/mol. The molecule has 0 spiro atoms. The van der Waals surface area contributed by atoms with Gasteiger partial charge >= 0.3 is 5.97 Å². The molecule has 3 aromatic carbocycles. The van der Waals surface area contributed by atoms with E-state index in [1.807, 2.05) is 37.3 Å². The van der Waals surface area contributed by atoms with E-state index in [-0.39, 0.29) is 5.97 Å². The molecule has 0 radical (unpaired) electrons. The summed E-state index contributed by atoms with van der Waals surface area (Å²) in [4.78, 5) is 12.7. The zero-order chi connectivity index (χ0) is 18.4. The van der Waals surface area contributed by atoms with Gasteiger partial charge in [0.15, 0.2) is 0 Å². The molecule has 0 saturated heterocycles.